The van der Waals surface area contributed by atoms with Crippen LogP contribution in [0.3, 0.4) is 0 Å². The Morgan fingerprint density at radius 3 is 2.93 bits per heavy atom. The molecule has 0 saturated carbocycles. The van der Waals surface area contributed by atoms with Crippen LogP contribution in [0.5, 0.6) is 0 Å². The van der Waals surface area contributed by atoms with E-state index in [0.717, 1.165) is 17.5 Å². The third-order valence-electron chi connectivity index (χ3n) is 2.50. The van der Waals surface area contributed by atoms with Crippen molar-refractivity contribution in [2.45, 2.75) is 26.8 Å². The van der Waals surface area contributed by atoms with Gasteiger partial charge in [-0.15, -0.1) is 0 Å². The molecule has 2 rings (SSSR count). The van der Waals surface area contributed by atoms with Gasteiger partial charge in [-0.2, -0.15) is 0 Å². The minimum Gasteiger partial charge on any atom is -0.323 e. The number of carbonyl (C=O) groups excluding carboxylic acids is 1. The van der Waals surface area contributed by atoms with Gasteiger partial charge in [-0.1, -0.05) is 19.1 Å². The van der Waals surface area contributed by atoms with Crippen LogP contribution in [0.4, 0.5) is 0 Å². The van der Waals surface area contributed by atoms with Crippen LogP contribution in [0, 0.1) is 0 Å². The van der Waals surface area contributed by atoms with E-state index in [4.69, 9.17) is 0 Å². The van der Waals surface area contributed by atoms with E-state index < -0.39 is 0 Å². The molecule has 0 unspecified atom stereocenters. The number of ketones is 1. The minimum absolute atomic E-state index is 0.153. The molecule has 3 heteroatoms. The lowest BCUT2D eigenvalue weighted by atomic mass is 10.1. The number of hydrogen-bond acceptors (Lipinski definition) is 2. The maximum atomic E-state index is 11.1. The van der Waals surface area contributed by atoms with Crippen LogP contribution in [0.15, 0.2) is 24.5 Å². The molecule has 0 aliphatic carbocycles. The summed E-state index contributed by atoms with van der Waals surface area (Å²) in [6.45, 7) is 4.12. The quantitative estimate of drug-likeness (QED) is 0.764. The summed E-state index contributed by atoms with van der Waals surface area (Å²) in [5, 5.41) is 0. The van der Waals surface area contributed by atoms with Crippen LogP contribution in [-0.2, 0) is 17.8 Å². The number of imidazole rings is 1. The van der Waals surface area contributed by atoms with E-state index in [0.29, 0.717) is 6.54 Å². The summed E-state index contributed by atoms with van der Waals surface area (Å²) in [4.78, 5) is 15.4. The Bertz CT molecular complexity index is 499. The van der Waals surface area contributed by atoms with Crippen molar-refractivity contribution in [1.29, 1.82) is 0 Å². The second kappa shape index (κ2) is 3.85. The fourth-order valence-electron chi connectivity index (χ4n) is 1.85. The lowest BCUT2D eigenvalue weighted by molar-refractivity contribution is -0.117. The number of rotatable bonds is 3. The van der Waals surface area contributed by atoms with Crippen LogP contribution >= 0.6 is 0 Å². The lowest BCUT2D eigenvalue weighted by Gasteiger charge is -2.04. The van der Waals surface area contributed by atoms with Gasteiger partial charge in [0.2, 0.25) is 0 Å². The topological polar surface area (TPSA) is 34.9 Å². The zero-order valence-corrected chi connectivity index (χ0v) is 9.03. The van der Waals surface area contributed by atoms with Gasteiger partial charge in [-0.25, -0.2) is 4.98 Å². The van der Waals surface area contributed by atoms with E-state index in [1.165, 1.54) is 5.56 Å². The summed E-state index contributed by atoms with van der Waals surface area (Å²) < 4.78 is 1.93. The summed E-state index contributed by atoms with van der Waals surface area (Å²) in [6, 6.07) is 6.07. The number of Topliss-reactive ketones (excluding diaryl/α,β-unsaturated/α-hetero) is 1. The zero-order valence-electron chi connectivity index (χ0n) is 9.03. The molecule has 0 amide bonds. The SMILES string of the molecule is CCc1cccc2ncn(CC(C)=O)c12. The third kappa shape index (κ3) is 1.77. The molecule has 1 heterocycles. The Balaban J connectivity index is 2.60. The van der Waals surface area contributed by atoms with Crippen molar-refractivity contribution < 1.29 is 4.79 Å². The van der Waals surface area contributed by atoms with Crippen molar-refractivity contribution in [3.8, 4) is 0 Å². The van der Waals surface area contributed by atoms with Gasteiger partial charge in [0.05, 0.1) is 23.9 Å². The molecule has 0 aliphatic rings. The monoisotopic (exact) mass is 202 g/mol. The molecule has 0 spiro atoms. The smallest absolute Gasteiger partial charge is 0.149 e. The average molecular weight is 202 g/mol. The maximum Gasteiger partial charge on any atom is 0.149 e. The van der Waals surface area contributed by atoms with E-state index in [1.807, 2.05) is 16.7 Å². The minimum atomic E-state index is 0.153. The van der Waals surface area contributed by atoms with Gasteiger partial charge in [-0.3, -0.25) is 4.79 Å². The Morgan fingerprint density at radius 2 is 2.27 bits per heavy atom. The highest BCUT2D eigenvalue weighted by molar-refractivity contribution is 5.82. The summed E-state index contributed by atoms with van der Waals surface area (Å²) in [7, 11) is 0. The Hall–Kier alpha value is -1.64. The molecule has 0 N–H and O–H groups in total. The van der Waals surface area contributed by atoms with E-state index in [9.17, 15) is 4.79 Å². The molecule has 0 bridgehead atoms. The van der Waals surface area contributed by atoms with Gasteiger partial charge in [0.15, 0.2) is 0 Å². The Morgan fingerprint density at radius 1 is 1.47 bits per heavy atom. The van der Waals surface area contributed by atoms with E-state index >= 15 is 0 Å². The normalized spacial score (nSPS) is 10.8. The molecule has 0 radical (unpaired) electrons. The van der Waals surface area contributed by atoms with Crippen molar-refractivity contribution in [3.05, 3.63) is 30.1 Å². The standard InChI is InChI=1S/C12H14N2O/c1-3-10-5-4-6-11-12(10)14(8-13-11)7-9(2)15/h4-6,8H,3,7H2,1-2H3. The Labute approximate surface area is 88.7 Å². The highest BCUT2D eigenvalue weighted by atomic mass is 16.1. The summed E-state index contributed by atoms with van der Waals surface area (Å²) >= 11 is 0. The summed E-state index contributed by atoms with van der Waals surface area (Å²) in [6.07, 6.45) is 2.70. The second-order valence-corrected chi connectivity index (χ2v) is 3.71. The number of nitrogens with zero attached hydrogens (tertiary/aromatic N) is 2. The molecule has 1 aromatic heterocycles. The number of fused-ring (bicyclic) bond motifs is 1. The highest BCUT2D eigenvalue weighted by Gasteiger charge is 2.07. The molecule has 0 aliphatic heterocycles. The predicted molar refractivity (Wildman–Crippen MR) is 59.8 cm³/mol. The summed E-state index contributed by atoms with van der Waals surface area (Å²) in [5.41, 5.74) is 3.30. The lowest BCUT2D eigenvalue weighted by Crippen LogP contribution is -2.05. The first-order valence-corrected chi connectivity index (χ1v) is 5.14. The Kier molecular flexibility index (Phi) is 2.54. The molecule has 1 aromatic carbocycles. The number of hydrogen-bond donors (Lipinski definition) is 0. The molecule has 0 fully saturated rings. The molecule has 3 nitrogen and oxygen atoms in total. The fraction of sp³-hybridized carbons (Fsp3) is 0.333. The highest BCUT2D eigenvalue weighted by Crippen LogP contribution is 2.18. The van der Waals surface area contributed by atoms with E-state index in [2.05, 4.69) is 18.0 Å². The van der Waals surface area contributed by atoms with Gasteiger partial charge in [0, 0.05) is 0 Å². The largest absolute Gasteiger partial charge is 0.323 e. The average Bonchev–Trinajstić information content (AvgIpc) is 2.61. The van der Waals surface area contributed by atoms with E-state index in [1.54, 1.807) is 13.3 Å². The maximum absolute atomic E-state index is 11.1. The summed E-state index contributed by atoms with van der Waals surface area (Å²) in [5.74, 6) is 0.153. The fourth-order valence-corrected chi connectivity index (χ4v) is 1.85. The first kappa shape index (κ1) is 9.90. The molecular formula is C12H14N2O. The van der Waals surface area contributed by atoms with Crippen LogP contribution in [0.2, 0.25) is 0 Å². The van der Waals surface area contributed by atoms with Crippen LogP contribution < -0.4 is 0 Å². The molecular weight excluding hydrogens is 188 g/mol. The number of carbonyl (C=O) groups is 1. The number of para-hydroxylation sites is 1. The molecule has 15 heavy (non-hydrogen) atoms. The molecule has 0 saturated heterocycles. The van der Waals surface area contributed by atoms with E-state index in [-0.39, 0.29) is 5.78 Å². The molecule has 2 aromatic rings. The number of benzene rings is 1. The second-order valence-electron chi connectivity index (χ2n) is 3.71. The first-order chi connectivity index (χ1) is 7.22. The third-order valence-corrected chi connectivity index (χ3v) is 2.50. The number of aryl methyl sites for hydroxylation is 1. The van der Waals surface area contributed by atoms with Gasteiger partial charge in [0.1, 0.15) is 5.78 Å². The number of aromatic nitrogens is 2. The van der Waals surface area contributed by atoms with Crippen LogP contribution in [0.1, 0.15) is 19.4 Å². The van der Waals surface area contributed by atoms with Gasteiger partial charge < -0.3 is 4.57 Å². The molecule has 78 valence electrons. The van der Waals surface area contributed by atoms with Gasteiger partial charge in [0.25, 0.3) is 0 Å². The van der Waals surface area contributed by atoms with Crippen LogP contribution in [0.25, 0.3) is 11.0 Å². The van der Waals surface area contributed by atoms with Crippen LogP contribution in [-0.4, -0.2) is 15.3 Å². The first-order valence-electron chi connectivity index (χ1n) is 5.14. The van der Waals surface area contributed by atoms with Crippen molar-refractivity contribution in [3.63, 3.8) is 0 Å². The van der Waals surface area contributed by atoms with Crippen molar-refractivity contribution in [1.82, 2.24) is 9.55 Å². The van der Waals surface area contributed by atoms with Gasteiger partial charge in [-0.05, 0) is 25.0 Å². The molecule has 0 atom stereocenters. The van der Waals surface area contributed by atoms with Crippen molar-refractivity contribution in [2.24, 2.45) is 0 Å². The van der Waals surface area contributed by atoms with Crippen molar-refractivity contribution in [2.75, 3.05) is 0 Å². The van der Waals surface area contributed by atoms with Gasteiger partial charge >= 0.3 is 0 Å². The zero-order chi connectivity index (χ0) is 10.8. The predicted octanol–water partition coefficient (Wildman–Crippen LogP) is 2.19. The van der Waals surface area contributed by atoms with Crippen molar-refractivity contribution >= 4 is 16.8 Å².